The van der Waals surface area contributed by atoms with Crippen molar-refractivity contribution in [1.82, 2.24) is 16.0 Å². The molecule has 1 aromatic carbocycles. The zero-order valence-corrected chi connectivity index (χ0v) is 17.6. The summed E-state index contributed by atoms with van der Waals surface area (Å²) in [6.07, 6.45) is 2.06. The van der Waals surface area contributed by atoms with E-state index >= 15 is 0 Å². The molecule has 1 aromatic rings. The third kappa shape index (κ3) is 7.50. The fourth-order valence-electron chi connectivity index (χ4n) is 2.35. The van der Waals surface area contributed by atoms with Crippen LogP contribution in [-0.4, -0.2) is 38.6 Å². The van der Waals surface area contributed by atoms with Gasteiger partial charge in [-0.05, 0) is 38.3 Å². The van der Waals surface area contributed by atoms with Crippen molar-refractivity contribution in [3.63, 3.8) is 0 Å². The van der Waals surface area contributed by atoms with E-state index in [9.17, 15) is 4.79 Å². The molecule has 2 rings (SSSR count). The van der Waals surface area contributed by atoms with E-state index in [2.05, 4.69) is 40.0 Å². The molecule has 25 heavy (non-hydrogen) atoms. The van der Waals surface area contributed by atoms with Crippen molar-refractivity contribution >= 4 is 35.8 Å². The van der Waals surface area contributed by atoms with Gasteiger partial charge in [0.05, 0.1) is 6.61 Å². The zero-order chi connectivity index (χ0) is 17.4. The molecule has 140 valence electrons. The van der Waals surface area contributed by atoms with Crippen LogP contribution in [0.5, 0.6) is 5.75 Å². The van der Waals surface area contributed by atoms with Crippen LogP contribution in [0.1, 0.15) is 30.9 Å². The molecule has 0 unspecified atom stereocenters. The molecular weight excluding hydrogens is 431 g/mol. The molecule has 0 radical (unpaired) electrons. The minimum Gasteiger partial charge on any atom is -0.494 e. The summed E-state index contributed by atoms with van der Waals surface area (Å²) in [5.74, 6) is 2.03. The summed E-state index contributed by atoms with van der Waals surface area (Å²) in [7, 11) is 1.73. The Morgan fingerprint density at radius 3 is 2.60 bits per heavy atom. The average Bonchev–Trinajstić information content (AvgIpc) is 3.41. The van der Waals surface area contributed by atoms with E-state index in [0.717, 1.165) is 24.2 Å². The SMILES string of the molecule is CCOc1cc(C)ccc1CNC(=NC)NCCNC(=O)C1CC1.I. The van der Waals surface area contributed by atoms with Crippen LogP contribution in [0.15, 0.2) is 23.2 Å². The van der Waals surface area contributed by atoms with Gasteiger partial charge >= 0.3 is 0 Å². The monoisotopic (exact) mass is 460 g/mol. The van der Waals surface area contributed by atoms with Gasteiger partial charge in [0, 0.05) is 38.2 Å². The lowest BCUT2D eigenvalue weighted by Gasteiger charge is -2.15. The minimum absolute atomic E-state index is 0. The van der Waals surface area contributed by atoms with E-state index in [-0.39, 0.29) is 35.8 Å². The van der Waals surface area contributed by atoms with Gasteiger partial charge in [-0.15, -0.1) is 24.0 Å². The molecule has 0 aromatic heterocycles. The van der Waals surface area contributed by atoms with E-state index in [1.807, 2.05) is 13.0 Å². The maximum absolute atomic E-state index is 11.6. The maximum Gasteiger partial charge on any atom is 0.223 e. The first kappa shape index (κ1) is 21.5. The lowest BCUT2D eigenvalue weighted by atomic mass is 10.1. The second kappa shape index (κ2) is 11.2. The van der Waals surface area contributed by atoms with Gasteiger partial charge < -0.3 is 20.7 Å². The Balaban J connectivity index is 0.00000312. The molecule has 1 saturated carbocycles. The minimum atomic E-state index is 0. The Morgan fingerprint density at radius 2 is 1.96 bits per heavy atom. The highest BCUT2D eigenvalue weighted by molar-refractivity contribution is 14.0. The van der Waals surface area contributed by atoms with E-state index in [1.165, 1.54) is 5.56 Å². The molecule has 0 aliphatic heterocycles. The number of benzene rings is 1. The second-order valence-electron chi connectivity index (χ2n) is 5.96. The summed E-state index contributed by atoms with van der Waals surface area (Å²) < 4.78 is 5.69. The van der Waals surface area contributed by atoms with Gasteiger partial charge in [-0.3, -0.25) is 9.79 Å². The molecule has 1 amide bonds. The van der Waals surface area contributed by atoms with Gasteiger partial charge in [-0.2, -0.15) is 0 Å². The number of nitrogens with zero attached hydrogens (tertiary/aromatic N) is 1. The fraction of sp³-hybridized carbons (Fsp3) is 0.556. The summed E-state index contributed by atoms with van der Waals surface area (Å²) >= 11 is 0. The summed E-state index contributed by atoms with van der Waals surface area (Å²) in [6.45, 7) is 6.55. The summed E-state index contributed by atoms with van der Waals surface area (Å²) in [4.78, 5) is 15.8. The van der Waals surface area contributed by atoms with Gasteiger partial charge in [0.15, 0.2) is 5.96 Å². The van der Waals surface area contributed by atoms with E-state index in [0.29, 0.717) is 32.2 Å². The number of aryl methyl sites for hydroxylation is 1. The molecule has 7 heteroatoms. The molecule has 0 atom stereocenters. The maximum atomic E-state index is 11.6. The molecule has 1 aliphatic rings. The average molecular weight is 460 g/mol. The van der Waals surface area contributed by atoms with Crippen molar-refractivity contribution < 1.29 is 9.53 Å². The highest BCUT2D eigenvalue weighted by Gasteiger charge is 2.28. The molecule has 0 saturated heterocycles. The van der Waals surface area contributed by atoms with E-state index in [4.69, 9.17) is 4.74 Å². The van der Waals surface area contributed by atoms with E-state index in [1.54, 1.807) is 7.05 Å². The number of amides is 1. The lowest BCUT2D eigenvalue weighted by molar-refractivity contribution is -0.122. The number of guanidine groups is 1. The summed E-state index contributed by atoms with van der Waals surface area (Å²) in [5, 5.41) is 9.40. The van der Waals surface area contributed by atoms with Gasteiger partial charge in [-0.1, -0.05) is 12.1 Å². The largest absolute Gasteiger partial charge is 0.494 e. The van der Waals surface area contributed by atoms with Crippen LogP contribution in [0, 0.1) is 12.8 Å². The Labute approximate surface area is 167 Å². The number of carbonyl (C=O) groups is 1. The van der Waals surface area contributed by atoms with Gasteiger partial charge in [0.25, 0.3) is 0 Å². The standard InChI is InChI=1S/C18H28N4O2.HI/c1-4-24-16-11-13(2)5-6-15(16)12-22-18(19-3)21-10-9-20-17(23)14-7-8-14;/h5-6,11,14H,4,7-10,12H2,1-3H3,(H,20,23)(H2,19,21,22);1H. The van der Waals surface area contributed by atoms with Crippen LogP contribution < -0.4 is 20.7 Å². The molecule has 3 N–H and O–H groups in total. The normalized spacial score (nSPS) is 13.6. The highest BCUT2D eigenvalue weighted by atomic mass is 127. The predicted octanol–water partition coefficient (Wildman–Crippen LogP) is 2.20. The molecule has 0 spiro atoms. The Kier molecular flexibility index (Phi) is 9.62. The van der Waals surface area contributed by atoms with Gasteiger partial charge in [-0.25, -0.2) is 0 Å². The number of halogens is 1. The van der Waals surface area contributed by atoms with Gasteiger partial charge in [0.1, 0.15) is 5.75 Å². The number of ether oxygens (including phenoxy) is 1. The van der Waals surface area contributed by atoms with Crippen LogP contribution in [0.2, 0.25) is 0 Å². The number of nitrogens with one attached hydrogen (secondary N) is 3. The van der Waals surface area contributed by atoms with Crippen molar-refractivity contribution in [2.75, 3.05) is 26.7 Å². The Bertz CT molecular complexity index is 588. The predicted molar refractivity (Wildman–Crippen MR) is 112 cm³/mol. The number of aliphatic imine (C=N–C) groups is 1. The summed E-state index contributed by atoms with van der Waals surface area (Å²) in [6, 6.07) is 6.18. The van der Waals surface area contributed by atoms with Crippen molar-refractivity contribution in [1.29, 1.82) is 0 Å². The van der Waals surface area contributed by atoms with Crippen LogP contribution >= 0.6 is 24.0 Å². The number of carbonyl (C=O) groups excluding carboxylic acids is 1. The molecule has 1 fully saturated rings. The van der Waals surface area contributed by atoms with Crippen molar-refractivity contribution in [3.05, 3.63) is 29.3 Å². The van der Waals surface area contributed by atoms with Crippen LogP contribution in [0.4, 0.5) is 0 Å². The van der Waals surface area contributed by atoms with Crippen molar-refractivity contribution in [2.45, 2.75) is 33.2 Å². The van der Waals surface area contributed by atoms with Crippen LogP contribution in [0.3, 0.4) is 0 Å². The third-order valence-electron chi connectivity index (χ3n) is 3.86. The quantitative estimate of drug-likeness (QED) is 0.241. The third-order valence-corrected chi connectivity index (χ3v) is 3.86. The fourth-order valence-corrected chi connectivity index (χ4v) is 2.35. The zero-order valence-electron chi connectivity index (χ0n) is 15.2. The topological polar surface area (TPSA) is 74.8 Å². The summed E-state index contributed by atoms with van der Waals surface area (Å²) in [5.41, 5.74) is 2.27. The Morgan fingerprint density at radius 1 is 1.24 bits per heavy atom. The number of hydrogen-bond acceptors (Lipinski definition) is 3. The first-order valence-corrected chi connectivity index (χ1v) is 8.58. The number of hydrogen-bond donors (Lipinski definition) is 3. The Hall–Kier alpha value is -1.51. The van der Waals surface area contributed by atoms with E-state index < -0.39 is 0 Å². The van der Waals surface area contributed by atoms with Crippen molar-refractivity contribution in [3.8, 4) is 5.75 Å². The molecular formula is C18H29IN4O2. The molecule has 0 heterocycles. The molecule has 1 aliphatic carbocycles. The highest BCUT2D eigenvalue weighted by Crippen LogP contribution is 2.28. The lowest BCUT2D eigenvalue weighted by Crippen LogP contribution is -2.41. The molecule has 6 nitrogen and oxygen atoms in total. The van der Waals surface area contributed by atoms with Crippen LogP contribution in [0.25, 0.3) is 0 Å². The first-order chi connectivity index (χ1) is 11.6. The second-order valence-corrected chi connectivity index (χ2v) is 5.96. The smallest absolute Gasteiger partial charge is 0.223 e. The van der Waals surface area contributed by atoms with Gasteiger partial charge in [0.2, 0.25) is 5.91 Å². The van der Waals surface area contributed by atoms with Crippen molar-refractivity contribution in [2.24, 2.45) is 10.9 Å². The van der Waals surface area contributed by atoms with Crippen LogP contribution in [-0.2, 0) is 11.3 Å². The number of rotatable bonds is 8. The first-order valence-electron chi connectivity index (χ1n) is 8.58. The molecule has 0 bridgehead atoms.